The Kier molecular flexibility index (Phi) is 5.20. The van der Waals surface area contributed by atoms with Crippen LogP contribution in [0.4, 0.5) is 0 Å². The number of sulfonamides is 1. The average molecular weight is 419 g/mol. The molecule has 28 heavy (non-hydrogen) atoms. The highest BCUT2D eigenvalue weighted by Crippen LogP contribution is 2.20. The Morgan fingerprint density at radius 1 is 0.964 bits per heavy atom. The monoisotopic (exact) mass is 418 g/mol. The Labute approximate surface area is 167 Å². The van der Waals surface area contributed by atoms with Crippen LogP contribution in [0.2, 0.25) is 5.02 Å². The van der Waals surface area contributed by atoms with E-state index in [4.69, 9.17) is 11.6 Å². The van der Waals surface area contributed by atoms with Crippen molar-refractivity contribution in [3.8, 4) is 0 Å². The van der Waals surface area contributed by atoms with Gasteiger partial charge < -0.3 is 0 Å². The molecule has 0 radical (unpaired) electrons. The third kappa shape index (κ3) is 3.68. The van der Waals surface area contributed by atoms with Gasteiger partial charge in [0.25, 0.3) is 0 Å². The first kappa shape index (κ1) is 19.1. The van der Waals surface area contributed by atoms with Crippen LogP contribution in [0.3, 0.4) is 0 Å². The summed E-state index contributed by atoms with van der Waals surface area (Å²) >= 11 is 5.85. The van der Waals surface area contributed by atoms with Crippen molar-refractivity contribution >= 4 is 32.5 Å². The second-order valence-corrected chi connectivity index (χ2v) is 9.02. The fourth-order valence-electron chi connectivity index (χ4n) is 3.33. The topological polar surface area (TPSA) is 75.5 Å². The van der Waals surface area contributed by atoms with Gasteiger partial charge in [0.05, 0.1) is 23.3 Å². The molecule has 0 unspecified atom stereocenters. The zero-order valence-electron chi connectivity index (χ0n) is 15.0. The maximum Gasteiger partial charge on any atom is 0.243 e. The number of benzene rings is 2. The molecule has 0 N–H and O–H groups in total. The first-order valence-corrected chi connectivity index (χ1v) is 10.7. The smallest absolute Gasteiger partial charge is 0.243 e. The van der Waals surface area contributed by atoms with Gasteiger partial charge in [0, 0.05) is 36.6 Å². The lowest BCUT2D eigenvalue weighted by molar-refractivity contribution is 0.147. The van der Waals surface area contributed by atoms with Crippen molar-refractivity contribution < 1.29 is 8.42 Å². The molecular formula is C19H19ClN4O3S. The van der Waals surface area contributed by atoms with E-state index in [-0.39, 0.29) is 10.3 Å². The highest BCUT2D eigenvalue weighted by molar-refractivity contribution is 7.89. The summed E-state index contributed by atoms with van der Waals surface area (Å²) in [6, 6.07) is 13.6. The van der Waals surface area contributed by atoms with Gasteiger partial charge in [0.2, 0.25) is 15.5 Å². The van der Waals surface area contributed by atoms with E-state index in [1.165, 1.54) is 22.6 Å². The van der Waals surface area contributed by atoms with Crippen molar-refractivity contribution in [3.63, 3.8) is 0 Å². The van der Waals surface area contributed by atoms with Gasteiger partial charge in [0.1, 0.15) is 0 Å². The number of hydrogen-bond donors (Lipinski definition) is 0. The Hall–Kier alpha value is -2.26. The molecule has 0 spiro atoms. The summed E-state index contributed by atoms with van der Waals surface area (Å²) in [5.41, 5.74) is 0.664. The minimum Gasteiger partial charge on any atom is -0.287 e. The predicted octanol–water partition coefficient (Wildman–Crippen LogP) is 2.01. The van der Waals surface area contributed by atoms with Crippen LogP contribution in [0.25, 0.3) is 10.9 Å². The van der Waals surface area contributed by atoms with Crippen LogP contribution in [0, 0.1) is 0 Å². The van der Waals surface area contributed by atoms with Crippen LogP contribution >= 0.6 is 11.6 Å². The van der Waals surface area contributed by atoms with Gasteiger partial charge in [-0.1, -0.05) is 23.7 Å². The molecule has 0 amide bonds. The normalized spacial score (nSPS) is 16.5. The quantitative estimate of drug-likeness (QED) is 0.648. The predicted molar refractivity (Wildman–Crippen MR) is 108 cm³/mol. The number of halogens is 1. The fourth-order valence-corrected chi connectivity index (χ4v) is 4.88. The van der Waals surface area contributed by atoms with Crippen molar-refractivity contribution in [3.05, 3.63) is 70.0 Å². The first-order chi connectivity index (χ1) is 13.4. The van der Waals surface area contributed by atoms with Crippen molar-refractivity contribution in [2.45, 2.75) is 11.6 Å². The average Bonchev–Trinajstić information content (AvgIpc) is 2.71. The Morgan fingerprint density at radius 3 is 2.36 bits per heavy atom. The van der Waals surface area contributed by atoms with Crippen molar-refractivity contribution in [2.24, 2.45) is 0 Å². The molecule has 146 valence electrons. The van der Waals surface area contributed by atoms with Gasteiger partial charge >= 0.3 is 0 Å². The van der Waals surface area contributed by atoms with Crippen molar-refractivity contribution in [1.29, 1.82) is 0 Å². The number of fused-ring (bicyclic) bond motifs is 1. The maximum absolute atomic E-state index is 12.8. The molecule has 0 bridgehead atoms. The van der Waals surface area contributed by atoms with Crippen LogP contribution in [0.5, 0.6) is 0 Å². The molecule has 1 saturated heterocycles. The molecular weight excluding hydrogens is 400 g/mol. The highest BCUT2D eigenvalue weighted by atomic mass is 35.5. The summed E-state index contributed by atoms with van der Waals surface area (Å²) in [5, 5.41) is 5.37. The molecule has 7 nitrogen and oxygen atoms in total. The van der Waals surface area contributed by atoms with E-state index >= 15 is 0 Å². The SMILES string of the molecule is O=c1cnn(CN2CCN(S(=O)(=O)c3ccc(Cl)cc3)CC2)c2ccccc12. The molecule has 4 rings (SSSR count). The van der Waals surface area contributed by atoms with Gasteiger partial charge in [-0.25, -0.2) is 8.42 Å². The molecule has 0 atom stereocenters. The minimum atomic E-state index is -3.53. The number of hydrogen-bond acceptors (Lipinski definition) is 5. The third-order valence-corrected chi connectivity index (χ3v) is 7.04. The molecule has 2 heterocycles. The van der Waals surface area contributed by atoms with Gasteiger partial charge in [-0.05, 0) is 36.4 Å². The van der Waals surface area contributed by atoms with Crippen LogP contribution < -0.4 is 5.43 Å². The van der Waals surface area contributed by atoms with E-state index < -0.39 is 10.0 Å². The zero-order chi connectivity index (χ0) is 19.7. The zero-order valence-corrected chi connectivity index (χ0v) is 16.6. The Morgan fingerprint density at radius 2 is 1.64 bits per heavy atom. The molecule has 0 saturated carbocycles. The number of aromatic nitrogens is 2. The van der Waals surface area contributed by atoms with Gasteiger partial charge in [-0.2, -0.15) is 9.40 Å². The lowest BCUT2D eigenvalue weighted by Crippen LogP contribution is -2.49. The number of para-hydroxylation sites is 1. The third-order valence-electron chi connectivity index (χ3n) is 4.88. The summed E-state index contributed by atoms with van der Waals surface area (Å²) in [4.78, 5) is 14.3. The Bertz CT molecular complexity index is 1150. The highest BCUT2D eigenvalue weighted by Gasteiger charge is 2.28. The number of rotatable bonds is 4. The molecule has 1 aromatic heterocycles. The van der Waals surface area contributed by atoms with Crippen molar-refractivity contribution in [1.82, 2.24) is 19.0 Å². The molecule has 2 aromatic carbocycles. The second kappa shape index (κ2) is 7.63. The van der Waals surface area contributed by atoms with Crippen LogP contribution in [0.1, 0.15) is 0 Å². The number of piperazine rings is 1. The summed E-state index contributed by atoms with van der Waals surface area (Å²) in [5.74, 6) is 0. The summed E-state index contributed by atoms with van der Waals surface area (Å²) in [7, 11) is -3.53. The van der Waals surface area contributed by atoms with Gasteiger partial charge in [-0.15, -0.1) is 0 Å². The van der Waals surface area contributed by atoms with Gasteiger partial charge in [-0.3, -0.25) is 14.4 Å². The molecule has 3 aromatic rings. The summed E-state index contributed by atoms with van der Waals surface area (Å²) < 4.78 is 28.8. The van der Waals surface area contributed by atoms with Crippen molar-refractivity contribution in [2.75, 3.05) is 26.2 Å². The first-order valence-electron chi connectivity index (χ1n) is 8.88. The summed E-state index contributed by atoms with van der Waals surface area (Å²) in [6.45, 7) is 2.44. The maximum atomic E-state index is 12.8. The lowest BCUT2D eigenvalue weighted by Gasteiger charge is -2.34. The lowest BCUT2D eigenvalue weighted by atomic mass is 10.2. The van der Waals surface area contributed by atoms with Gasteiger partial charge in [0.15, 0.2) is 0 Å². The molecule has 1 fully saturated rings. The second-order valence-electron chi connectivity index (χ2n) is 6.64. The number of nitrogens with zero attached hydrogens (tertiary/aromatic N) is 4. The van der Waals surface area contributed by atoms with Crippen LogP contribution in [-0.4, -0.2) is 53.6 Å². The molecule has 9 heteroatoms. The molecule has 1 aliphatic rings. The van der Waals surface area contributed by atoms with E-state index in [2.05, 4.69) is 10.00 Å². The summed E-state index contributed by atoms with van der Waals surface area (Å²) in [6.07, 6.45) is 1.32. The van der Waals surface area contributed by atoms with Crippen LogP contribution in [0.15, 0.2) is 64.4 Å². The van der Waals surface area contributed by atoms with Crippen LogP contribution in [-0.2, 0) is 16.7 Å². The van der Waals surface area contributed by atoms with E-state index in [0.717, 1.165) is 5.52 Å². The van der Waals surface area contributed by atoms with E-state index in [0.29, 0.717) is 43.3 Å². The standard InChI is InChI=1S/C19H19ClN4O3S/c20-15-5-7-16(8-6-15)28(26,27)23-11-9-22(10-12-23)14-24-18-4-2-1-3-17(18)19(25)13-21-24/h1-8,13H,9-12,14H2. The largest absolute Gasteiger partial charge is 0.287 e. The van der Waals surface area contributed by atoms with E-state index in [1.807, 2.05) is 18.2 Å². The van der Waals surface area contributed by atoms with E-state index in [1.54, 1.807) is 22.9 Å². The minimum absolute atomic E-state index is 0.106. The molecule has 1 aliphatic heterocycles. The Balaban J connectivity index is 1.47. The fraction of sp³-hybridized carbons (Fsp3) is 0.263. The van der Waals surface area contributed by atoms with E-state index in [9.17, 15) is 13.2 Å². The molecule has 0 aliphatic carbocycles.